The number of halogens is 1. The van der Waals surface area contributed by atoms with E-state index >= 15 is 0 Å². The number of amides is 1. The molecule has 0 unspecified atom stereocenters. The molecule has 1 aromatic rings. The normalized spacial score (nSPS) is 16.6. The van der Waals surface area contributed by atoms with Crippen molar-refractivity contribution in [3.05, 3.63) is 27.1 Å². The second-order valence-electron chi connectivity index (χ2n) is 4.22. The third-order valence-electron chi connectivity index (χ3n) is 3.04. The van der Waals surface area contributed by atoms with Crippen LogP contribution in [-0.2, 0) is 0 Å². The molecule has 8 heteroatoms. The molecular formula is C11H14ClN3O3S. The first-order valence-electron chi connectivity index (χ1n) is 5.93. The summed E-state index contributed by atoms with van der Waals surface area (Å²) in [7, 11) is 0. The molecule has 1 aromatic heterocycles. The maximum Gasteiger partial charge on any atom is 0.324 e. The number of rotatable bonds is 4. The molecule has 0 aliphatic carbocycles. The van der Waals surface area contributed by atoms with E-state index < -0.39 is 4.92 Å². The Kier molecular flexibility index (Phi) is 4.73. The van der Waals surface area contributed by atoms with Crippen LogP contribution in [0.2, 0.25) is 0 Å². The average molecular weight is 304 g/mol. The number of hydrogen-bond acceptors (Lipinski definition) is 5. The first-order chi connectivity index (χ1) is 9.11. The summed E-state index contributed by atoms with van der Waals surface area (Å²) in [5.74, 6) is 0.467. The van der Waals surface area contributed by atoms with Gasteiger partial charge in [0.25, 0.3) is 5.91 Å². The van der Waals surface area contributed by atoms with E-state index in [4.69, 9.17) is 11.6 Å². The molecule has 0 saturated carbocycles. The number of carbonyl (C=O) groups excluding carboxylic acids is 1. The molecule has 1 fully saturated rings. The zero-order valence-electron chi connectivity index (χ0n) is 10.2. The van der Waals surface area contributed by atoms with Crippen molar-refractivity contribution in [2.75, 3.05) is 38.6 Å². The Balaban J connectivity index is 1.95. The topological polar surface area (TPSA) is 66.7 Å². The molecule has 104 valence electrons. The molecule has 1 saturated heterocycles. The lowest BCUT2D eigenvalue weighted by Crippen LogP contribution is -2.48. The van der Waals surface area contributed by atoms with Crippen LogP contribution in [-0.4, -0.2) is 59.2 Å². The Morgan fingerprint density at radius 1 is 1.37 bits per heavy atom. The van der Waals surface area contributed by atoms with Crippen LogP contribution in [0, 0.1) is 10.1 Å². The monoisotopic (exact) mass is 303 g/mol. The van der Waals surface area contributed by atoms with Crippen LogP contribution in [0.1, 0.15) is 9.67 Å². The molecule has 0 atom stereocenters. The highest BCUT2D eigenvalue weighted by Crippen LogP contribution is 2.25. The quantitative estimate of drug-likeness (QED) is 0.482. The van der Waals surface area contributed by atoms with E-state index in [1.807, 2.05) is 0 Å². The molecule has 0 aromatic carbocycles. The molecule has 6 nitrogen and oxygen atoms in total. The minimum absolute atomic E-state index is 0.00382. The summed E-state index contributed by atoms with van der Waals surface area (Å²) in [6.07, 6.45) is 0. The molecule has 0 radical (unpaired) electrons. The van der Waals surface area contributed by atoms with Crippen LogP contribution in [0.15, 0.2) is 12.1 Å². The summed E-state index contributed by atoms with van der Waals surface area (Å²) < 4.78 is 0. The zero-order valence-corrected chi connectivity index (χ0v) is 11.8. The Hall–Kier alpha value is -1.18. The smallest absolute Gasteiger partial charge is 0.324 e. The molecule has 0 N–H and O–H groups in total. The lowest BCUT2D eigenvalue weighted by Gasteiger charge is -2.34. The standard InChI is InChI=1S/C11H14ClN3O3S/c12-3-4-13-5-7-14(8-6-13)11(16)9-1-2-10(19-9)15(17)18/h1-2H,3-8H2. The van der Waals surface area contributed by atoms with Gasteiger partial charge in [0.1, 0.15) is 0 Å². The maximum absolute atomic E-state index is 12.2. The Morgan fingerprint density at radius 2 is 2.05 bits per heavy atom. The van der Waals surface area contributed by atoms with E-state index in [0.717, 1.165) is 31.0 Å². The molecule has 0 bridgehead atoms. The number of hydrogen-bond donors (Lipinski definition) is 0. The van der Waals surface area contributed by atoms with Crippen molar-refractivity contribution in [1.82, 2.24) is 9.80 Å². The number of alkyl halides is 1. The molecule has 1 amide bonds. The number of nitrogens with zero attached hydrogens (tertiary/aromatic N) is 3. The minimum Gasteiger partial charge on any atom is -0.335 e. The zero-order chi connectivity index (χ0) is 13.8. The molecule has 1 aliphatic heterocycles. The first kappa shape index (κ1) is 14.2. The van der Waals surface area contributed by atoms with Crippen LogP contribution in [0.25, 0.3) is 0 Å². The predicted molar refractivity (Wildman–Crippen MR) is 74.0 cm³/mol. The van der Waals surface area contributed by atoms with Gasteiger partial charge in [-0.05, 0) is 6.07 Å². The van der Waals surface area contributed by atoms with E-state index in [-0.39, 0.29) is 10.9 Å². The summed E-state index contributed by atoms with van der Waals surface area (Å²) in [5.41, 5.74) is 0. The lowest BCUT2D eigenvalue weighted by atomic mass is 10.3. The van der Waals surface area contributed by atoms with E-state index in [9.17, 15) is 14.9 Å². The minimum atomic E-state index is -0.472. The van der Waals surface area contributed by atoms with Gasteiger partial charge in [-0.25, -0.2) is 0 Å². The van der Waals surface area contributed by atoms with E-state index in [2.05, 4.69) is 4.90 Å². The van der Waals surface area contributed by atoms with E-state index in [1.165, 1.54) is 12.1 Å². The molecule has 1 aliphatic rings. The van der Waals surface area contributed by atoms with Crippen molar-refractivity contribution in [1.29, 1.82) is 0 Å². The van der Waals surface area contributed by atoms with Gasteiger partial charge in [0.15, 0.2) is 0 Å². The fourth-order valence-corrected chi connectivity index (χ4v) is 3.02. The third-order valence-corrected chi connectivity index (χ3v) is 4.24. The molecule has 2 heterocycles. The molecule has 2 rings (SSSR count). The van der Waals surface area contributed by atoms with E-state index in [0.29, 0.717) is 23.8 Å². The van der Waals surface area contributed by atoms with E-state index in [1.54, 1.807) is 4.90 Å². The molecular weight excluding hydrogens is 290 g/mol. The summed E-state index contributed by atoms with van der Waals surface area (Å²) in [5, 5.41) is 10.6. The van der Waals surface area contributed by atoms with Gasteiger partial charge >= 0.3 is 5.00 Å². The molecule has 19 heavy (non-hydrogen) atoms. The highest BCUT2D eigenvalue weighted by atomic mass is 35.5. The third kappa shape index (κ3) is 3.43. The maximum atomic E-state index is 12.2. The molecule has 0 spiro atoms. The Labute approximate surface area is 119 Å². The fourth-order valence-electron chi connectivity index (χ4n) is 1.99. The van der Waals surface area contributed by atoms with Crippen molar-refractivity contribution in [2.24, 2.45) is 0 Å². The van der Waals surface area contributed by atoms with Gasteiger partial charge in [-0.1, -0.05) is 11.3 Å². The number of carbonyl (C=O) groups is 1. The number of thiophene rings is 1. The number of nitro groups is 1. The Bertz CT molecular complexity index is 472. The SMILES string of the molecule is O=C(c1ccc([N+](=O)[O-])s1)N1CCN(CCCl)CC1. The summed E-state index contributed by atoms with van der Waals surface area (Å²) in [6, 6.07) is 2.90. The van der Waals surface area contributed by atoms with Crippen LogP contribution in [0.3, 0.4) is 0 Å². The van der Waals surface area contributed by atoms with Gasteiger partial charge in [-0.2, -0.15) is 0 Å². The largest absolute Gasteiger partial charge is 0.335 e. The van der Waals surface area contributed by atoms with Crippen molar-refractivity contribution >= 4 is 33.8 Å². The van der Waals surface area contributed by atoms with Crippen LogP contribution in [0.5, 0.6) is 0 Å². The van der Waals surface area contributed by atoms with Gasteiger partial charge < -0.3 is 4.90 Å². The van der Waals surface area contributed by atoms with Crippen LogP contribution in [0.4, 0.5) is 5.00 Å². The fraction of sp³-hybridized carbons (Fsp3) is 0.545. The predicted octanol–water partition coefficient (Wildman–Crippen LogP) is 1.65. The summed E-state index contributed by atoms with van der Waals surface area (Å²) >= 11 is 6.61. The van der Waals surface area contributed by atoms with Crippen molar-refractivity contribution in [3.63, 3.8) is 0 Å². The van der Waals surface area contributed by atoms with Crippen molar-refractivity contribution in [3.8, 4) is 0 Å². The van der Waals surface area contributed by atoms with Crippen molar-refractivity contribution < 1.29 is 9.72 Å². The van der Waals surface area contributed by atoms with Gasteiger partial charge in [-0.3, -0.25) is 19.8 Å². The van der Waals surface area contributed by atoms with Crippen LogP contribution < -0.4 is 0 Å². The number of piperazine rings is 1. The second kappa shape index (κ2) is 6.31. The summed E-state index contributed by atoms with van der Waals surface area (Å²) in [4.78, 5) is 26.7. The Morgan fingerprint density at radius 3 is 2.58 bits per heavy atom. The highest BCUT2D eigenvalue weighted by Gasteiger charge is 2.24. The van der Waals surface area contributed by atoms with Gasteiger partial charge in [0.2, 0.25) is 0 Å². The average Bonchev–Trinajstić information content (AvgIpc) is 2.89. The van der Waals surface area contributed by atoms with Crippen molar-refractivity contribution in [2.45, 2.75) is 0 Å². The van der Waals surface area contributed by atoms with Gasteiger partial charge in [0.05, 0.1) is 9.80 Å². The summed E-state index contributed by atoms with van der Waals surface area (Å²) in [6.45, 7) is 3.70. The first-order valence-corrected chi connectivity index (χ1v) is 7.28. The highest BCUT2D eigenvalue weighted by molar-refractivity contribution is 7.17. The lowest BCUT2D eigenvalue weighted by molar-refractivity contribution is -0.380. The second-order valence-corrected chi connectivity index (χ2v) is 5.66. The van der Waals surface area contributed by atoms with Gasteiger partial charge in [0, 0.05) is 44.7 Å². The van der Waals surface area contributed by atoms with Gasteiger partial charge in [-0.15, -0.1) is 11.6 Å². The van der Waals surface area contributed by atoms with Crippen LogP contribution >= 0.6 is 22.9 Å².